The maximum atomic E-state index is 13.9. The van der Waals surface area contributed by atoms with Crippen LogP contribution in [-0.4, -0.2) is 28.6 Å². The molecule has 3 aromatic carbocycles. The van der Waals surface area contributed by atoms with Crippen molar-refractivity contribution >= 4 is 15.8 Å². The van der Waals surface area contributed by atoms with Gasteiger partial charge in [0.25, 0.3) is 0 Å². The van der Waals surface area contributed by atoms with Crippen LogP contribution in [0.15, 0.2) is 70.5 Å². The average molecular weight is 444 g/mol. The number of carbonyl (C=O) groups excluding carboxylic acids is 1. The molecule has 3 rings (SSSR count). The van der Waals surface area contributed by atoms with Crippen molar-refractivity contribution < 1.29 is 31.8 Å². The topological polar surface area (TPSA) is 78.9 Å². The lowest BCUT2D eigenvalue weighted by molar-refractivity contribution is 0.0595. The summed E-state index contributed by atoms with van der Waals surface area (Å²) in [6, 6.07) is 15.5. The van der Waals surface area contributed by atoms with Crippen LogP contribution in [0.4, 0.5) is 4.39 Å². The number of sulfone groups is 1. The lowest BCUT2D eigenvalue weighted by atomic mass is 10.1. The Kier molecular flexibility index (Phi) is 6.60. The van der Waals surface area contributed by atoms with Crippen molar-refractivity contribution in [3.63, 3.8) is 0 Å². The number of hydrogen-bond donors (Lipinski definition) is 0. The van der Waals surface area contributed by atoms with Gasteiger partial charge >= 0.3 is 5.97 Å². The minimum Gasteiger partial charge on any atom is -0.493 e. The van der Waals surface area contributed by atoms with E-state index in [2.05, 4.69) is 4.74 Å². The van der Waals surface area contributed by atoms with Gasteiger partial charge in [0.15, 0.2) is 11.5 Å². The molecule has 0 aliphatic heterocycles. The summed E-state index contributed by atoms with van der Waals surface area (Å²) in [5.41, 5.74) is 0.651. The van der Waals surface area contributed by atoms with Crippen LogP contribution in [0.25, 0.3) is 0 Å². The predicted octanol–water partition coefficient (Wildman–Crippen LogP) is 4.34. The van der Waals surface area contributed by atoms with Gasteiger partial charge in [0.05, 0.1) is 29.6 Å². The van der Waals surface area contributed by atoms with E-state index in [4.69, 9.17) is 9.47 Å². The molecule has 0 heterocycles. The average Bonchev–Trinajstić information content (AvgIpc) is 2.76. The standard InChI is InChI=1S/C23H21FO6S/c1-15-11-17(24)12-19(23(25)29-3)22(15)31(26,27)18-9-10-20(21(13-18)28-2)30-14-16-7-5-4-6-8-16/h4-13H,14H2,1-3H3. The Balaban J connectivity index is 2.02. The summed E-state index contributed by atoms with van der Waals surface area (Å²) in [6.45, 7) is 1.68. The van der Waals surface area contributed by atoms with Crippen LogP contribution in [-0.2, 0) is 21.2 Å². The van der Waals surface area contributed by atoms with Gasteiger partial charge in [-0.1, -0.05) is 30.3 Å². The molecule has 0 unspecified atom stereocenters. The quantitative estimate of drug-likeness (QED) is 0.398. The van der Waals surface area contributed by atoms with E-state index in [9.17, 15) is 17.6 Å². The van der Waals surface area contributed by atoms with E-state index in [1.807, 2.05) is 30.3 Å². The van der Waals surface area contributed by atoms with Crippen molar-refractivity contribution in [3.05, 3.63) is 83.2 Å². The minimum absolute atomic E-state index is 0.0868. The van der Waals surface area contributed by atoms with Crippen LogP contribution in [0.2, 0.25) is 0 Å². The van der Waals surface area contributed by atoms with Crippen LogP contribution in [0.3, 0.4) is 0 Å². The van der Waals surface area contributed by atoms with Gasteiger partial charge in [-0.25, -0.2) is 17.6 Å². The van der Waals surface area contributed by atoms with Gasteiger partial charge in [0.2, 0.25) is 9.84 Å². The summed E-state index contributed by atoms with van der Waals surface area (Å²) >= 11 is 0. The zero-order chi connectivity index (χ0) is 22.6. The summed E-state index contributed by atoms with van der Waals surface area (Å²) in [4.78, 5) is 11.7. The van der Waals surface area contributed by atoms with Crippen LogP contribution >= 0.6 is 0 Å². The van der Waals surface area contributed by atoms with Gasteiger partial charge in [0.1, 0.15) is 12.4 Å². The molecule has 0 aliphatic rings. The summed E-state index contributed by atoms with van der Waals surface area (Å²) in [5.74, 6) is -1.12. The van der Waals surface area contributed by atoms with E-state index in [1.165, 1.54) is 32.2 Å². The summed E-state index contributed by atoms with van der Waals surface area (Å²) in [5, 5.41) is 0. The highest BCUT2D eigenvalue weighted by Crippen LogP contribution is 2.35. The fourth-order valence-electron chi connectivity index (χ4n) is 3.14. The van der Waals surface area contributed by atoms with E-state index in [1.54, 1.807) is 0 Å². The lowest BCUT2D eigenvalue weighted by Crippen LogP contribution is -2.14. The lowest BCUT2D eigenvalue weighted by Gasteiger charge is -2.15. The predicted molar refractivity (Wildman–Crippen MR) is 112 cm³/mol. The molecule has 0 radical (unpaired) electrons. The van der Waals surface area contributed by atoms with Crippen molar-refractivity contribution in [3.8, 4) is 11.5 Å². The number of esters is 1. The molecule has 31 heavy (non-hydrogen) atoms. The molecule has 0 saturated heterocycles. The van der Waals surface area contributed by atoms with Crippen molar-refractivity contribution in [2.45, 2.75) is 23.3 Å². The Morgan fingerprint density at radius 3 is 2.32 bits per heavy atom. The van der Waals surface area contributed by atoms with E-state index in [-0.39, 0.29) is 33.3 Å². The molecule has 0 atom stereocenters. The third-order valence-corrected chi connectivity index (χ3v) is 6.55. The smallest absolute Gasteiger partial charge is 0.339 e. The number of benzene rings is 3. The van der Waals surface area contributed by atoms with Crippen LogP contribution < -0.4 is 9.47 Å². The summed E-state index contributed by atoms with van der Waals surface area (Å²) in [6.07, 6.45) is 0. The number of hydrogen-bond acceptors (Lipinski definition) is 6. The number of aryl methyl sites for hydroxylation is 1. The molecule has 0 N–H and O–H groups in total. The van der Waals surface area contributed by atoms with E-state index in [0.717, 1.165) is 24.8 Å². The van der Waals surface area contributed by atoms with E-state index >= 15 is 0 Å². The Morgan fingerprint density at radius 2 is 1.68 bits per heavy atom. The second-order valence-electron chi connectivity index (χ2n) is 6.68. The minimum atomic E-state index is -4.19. The third-order valence-electron chi connectivity index (χ3n) is 4.60. The molecule has 162 valence electrons. The Bertz CT molecular complexity index is 1210. The maximum Gasteiger partial charge on any atom is 0.339 e. The first kappa shape index (κ1) is 22.3. The van der Waals surface area contributed by atoms with E-state index < -0.39 is 21.6 Å². The molecule has 0 aromatic heterocycles. The van der Waals surface area contributed by atoms with Crippen LogP contribution in [0, 0.1) is 12.7 Å². The first-order chi connectivity index (χ1) is 14.8. The Labute approximate surface area is 180 Å². The number of ether oxygens (including phenoxy) is 3. The number of rotatable bonds is 7. The van der Waals surface area contributed by atoms with Crippen molar-refractivity contribution in [2.75, 3.05) is 14.2 Å². The molecule has 0 fully saturated rings. The molecule has 3 aromatic rings. The zero-order valence-corrected chi connectivity index (χ0v) is 18.0. The molecule has 0 spiro atoms. The Hall–Kier alpha value is -3.39. The van der Waals surface area contributed by atoms with Gasteiger partial charge in [-0.05, 0) is 42.3 Å². The number of methoxy groups -OCH3 is 2. The van der Waals surface area contributed by atoms with Crippen LogP contribution in [0.1, 0.15) is 21.5 Å². The second kappa shape index (κ2) is 9.18. The molecular formula is C23H21FO6S. The normalized spacial score (nSPS) is 11.1. The monoisotopic (exact) mass is 444 g/mol. The zero-order valence-electron chi connectivity index (χ0n) is 17.2. The van der Waals surface area contributed by atoms with Crippen molar-refractivity contribution in [1.82, 2.24) is 0 Å². The molecule has 8 heteroatoms. The second-order valence-corrected chi connectivity index (χ2v) is 8.57. The van der Waals surface area contributed by atoms with Crippen molar-refractivity contribution in [2.24, 2.45) is 0 Å². The van der Waals surface area contributed by atoms with E-state index in [0.29, 0.717) is 5.75 Å². The van der Waals surface area contributed by atoms with Gasteiger partial charge in [-0.3, -0.25) is 0 Å². The van der Waals surface area contributed by atoms with Gasteiger partial charge in [-0.15, -0.1) is 0 Å². The van der Waals surface area contributed by atoms with Gasteiger partial charge in [-0.2, -0.15) is 0 Å². The van der Waals surface area contributed by atoms with Crippen LogP contribution in [0.5, 0.6) is 11.5 Å². The Morgan fingerprint density at radius 1 is 0.968 bits per heavy atom. The first-order valence-electron chi connectivity index (χ1n) is 9.26. The highest BCUT2D eigenvalue weighted by Gasteiger charge is 2.29. The largest absolute Gasteiger partial charge is 0.493 e. The fraction of sp³-hybridized carbons (Fsp3) is 0.174. The third kappa shape index (κ3) is 4.69. The molecule has 6 nitrogen and oxygen atoms in total. The maximum absolute atomic E-state index is 13.9. The first-order valence-corrected chi connectivity index (χ1v) is 10.7. The molecular weight excluding hydrogens is 423 g/mol. The SMILES string of the molecule is COC(=O)c1cc(F)cc(C)c1S(=O)(=O)c1ccc(OCc2ccccc2)c(OC)c1. The number of carbonyl (C=O) groups is 1. The summed E-state index contributed by atoms with van der Waals surface area (Å²) in [7, 11) is -1.70. The molecule has 0 aliphatic carbocycles. The van der Waals surface area contributed by atoms with Gasteiger partial charge in [0, 0.05) is 6.07 Å². The highest BCUT2D eigenvalue weighted by atomic mass is 32.2. The molecule has 0 bridgehead atoms. The highest BCUT2D eigenvalue weighted by molar-refractivity contribution is 7.91. The van der Waals surface area contributed by atoms with Gasteiger partial charge < -0.3 is 14.2 Å². The molecule has 0 amide bonds. The summed E-state index contributed by atoms with van der Waals surface area (Å²) < 4.78 is 56.2. The number of halogens is 1. The molecule has 0 saturated carbocycles. The van der Waals surface area contributed by atoms with Crippen molar-refractivity contribution in [1.29, 1.82) is 0 Å². The fourth-order valence-corrected chi connectivity index (χ4v) is 4.80.